The lowest BCUT2D eigenvalue weighted by atomic mass is 10.1. The molecule has 5 rings (SSSR count). The van der Waals surface area contributed by atoms with E-state index in [-0.39, 0.29) is 17.4 Å². The van der Waals surface area contributed by atoms with Gasteiger partial charge < -0.3 is 4.57 Å². The Morgan fingerprint density at radius 1 is 1.03 bits per heavy atom. The number of nitrogens with zero attached hydrogens (tertiary/aromatic N) is 3. The van der Waals surface area contributed by atoms with Crippen molar-refractivity contribution in [3.8, 4) is 0 Å². The Bertz CT molecular complexity index is 1480. The van der Waals surface area contributed by atoms with Gasteiger partial charge >= 0.3 is 0 Å². The summed E-state index contributed by atoms with van der Waals surface area (Å²) in [5.41, 5.74) is 3.32. The van der Waals surface area contributed by atoms with Crippen LogP contribution in [0.25, 0.3) is 17.0 Å². The molecular weight excluding hydrogens is 473 g/mol. The van der Waals surface area contributed by atoms with E-state index < -0.39 is 4.92 Å². The Morgan fingerprint density at radius 3 is 2.44 bits per heavy atom. The van der Waals surface area contributed by atoms with Gasteiger partial charge in [-0.3, -0.25) is 19.8 Å². The lowest BCUT2D eigenvalue weighted by Crippen LogP contribution is -2.27. The van der Waals surface area contributed by atoms with Crippen LogP contribution in [-0.4, -0.2) is 19.7 Å². The Morgan fingerprint density at radius 2 is 1.74 bits per heavy atom. The fraction of sp³-hybridized carbons (Fsp3) is 0.0400. The third kappa shape index (κ3) is 4.11. The molecule has 1 amide bonds. The largest absolute Gasteiger partial charge is 0.342 e. The number of nitro groups is 1. The van der Waals surface area contributed by atoms with E-state index in [2.05, 4.69) is 0 Å². The van der Waals surface area contributed by atoms with E-state index in [1.165, 1.54) is 53.1 Å². The molecule has 1 aliphatic rings. The molecule has 4 aromatic rings. The summed E-state index contributed by atoms with van der Waals surface area (Å²) in [5.74, 6) is -0.639. The monoisotopic (exact) mass is 489 g/mol. The number of para-hydroxylation sites is 1. The van der Waals surface area contributed by atoms with Gasteiger partial charge in [-0.25, -0.2) is 4.39 Å². The molecule has 0 N–H and O–H groups in total. The number of fused-ring (bicyclic) bond motifs is 1. The second kappa shape index (κ2) is 8.85. The average molecular weight is 490 g/mol. The number of hydrogen-bond donors (Lipinski definition) is 0. The van der Waals surface area contributed by atoms with Gasteiger partial charge in [-0.15, -0.1) is 0 Å². The van der Waals surface area contributed by atoms with Crippen LogP contribution < -0.4 is 4.90 Å². The first-order valence-corrected chi connectivity index (χ1v) is 11.5. The molecule has 6 nitrogen and oxygen atoms in total. The number of carbonyl (C=O) groups excluding carboxylic acids is 1. The van der Waals surface area contributed by atoms with Crippen molar-refractivity contribution in [2.45, 2.75) is 6.54 Å². The van der Waals surface area contributed by atoms with Gasteiger partial charge in [0.15, 0.2) is 4.32 Å². The Balaban J connectivity index is 1.48. The normalized spacial score (nSPS) is 15.0. The molecule has 1 aromatic heterocycles. The molecule has 0 aliphatic carbocycles. The number of thiocarbonyl (C=S) groups is 1. The number of hydrogen-bond acceptors (Lipinski definition) is 5. The summed E-state index contributed by atoms with van der Waals surface area (Å²) >= 11 is 6.63. The number of rotatable bonds is 5. The quantitative estimate of drug-likeness (QED) is 0.146. The summed E-state index contributed by atoms with van der Waals surface area (Å²) in [6.07, 6.45) is 3.77. The highest BCUT2D eigenvalue weighted by molar-refractivity contribution is 8.27. The molecule has 0 spiro atoms. The van der Waals surface area contributed by atoms with Crippen molar-refractivity contribution >= 4 is 62.6 Å². The number of aromatic nitrogens is 1. The van der Waals surface area contributed by atoms with Crippen LogP contribution in [0, 0.1) is 15.9 Å². The van der Waals surface area contributed by atoms with Gasteiger partial charge in [-0.2, -0.15) is 0 Å². The smallest absolute Gasteiger partial charge is 0.270 e. The molecule has 0 saturated carbocycles. The number of nitro benzene ring substituents is 1. The maximum atomic E-state index is 13.3. The topological polar surface area (TPSA) is 68.4 Å². The van der Waals surface area contributed by atoms with Gasteiger partial charge in [0.1, 0.15) is 5.82 Å². The summed E-state index contributed by atoms with van der Waals surface area (Å²) in [6, 6.07) is 19.9. The fourth-order valence-corrected chi connectivity index (χ4v) is 5.15. The van der Waals surface area contributed by atoms with Crippen molar-refractivity contribution in [3.05, 3.63) is 111 Å². The second-order valence-electron chi connectivity index (χ2n) is 7.65. The van der Waals surface area contributed by atoms with Crippen LogP contribution in [0.4, 0.5) is 15.8 Å². The van der Waals surface area contributed by atoms with Crippen LogP contribution in [0.1, 0.15) is 11.1 Å². The van der Waals surface area contributed by atoms with Crippen LogP contribution in [0.2, 0.25) is 0 Å². The molecule has 9 heteroatoms. The SMILES string of the molecule is O=C1/C(=C\c2cn(Cc3ccc([N+](=O)[O-])cc3)c3ccccc23)SC(=S)N1c1ccc(F)cc1. The molecule has 2 heterocycles. The Labute approximate surface area is 203 Å². The van der Waals surface area contributed by atoms with E-state index in [0.29, 0.717) is 21.5 Å². The van der Waals surface area contributed by atoms with E-state index in [1.807, 2.05) is 41.1 Å². The minimum Gasteiger partial charge on any atom is -0.342 e. The second-order valence-corrected chi connectivity index (χ2v) is 9.32. The van der Waals surface area contributed by atoms with Gasteiger partial charge in [-0.05, 0) is 42.0 Å². The van der Waals surface area contributed by atoms with Crippen molar-refractivity contribution in [1.82, 2.24) is 4.57 Å². The molecule has 0 atom stereocenters. The van der Waals surface area contributed by atoms with E-state index in [4.69, 9.17) is 12.2 Å². The highest BCUT2D eigenvalue weighted by Gasteiger charge is 2.33. The molecule has 34 heavy (non-hydrogen) atoms. The van der Waals surface area contributed by atoms with Crippen LogP contribution >= 0.6 is 24.0 Å². The van der Waals surface area contributed by atoms with E-state index in [0.717, 1.165) is 22.0 Å². The molecule has 3 aromatic carbocycles. The van der Waals surface area contributed by atoms with Crippen molar-refractivity contribution in [3.63, 3.8) is 0 Å². The van der Waals surface area contributed by atoms with Gasteiger partial charge in [-0.1, -0.05) is 54.3 Å². The van der Waals surface area contributed by atoms with Crippen LogP contribution in [0.15, 0.2) is 83.9 Å². The van der Waals surface area contributed by atoms with Gasteiger partial charge in [0.25, 0.3) is 11.6 Å². The third-order valence-electron chi connectivity index (χ3n) is 5.48. The van der Waals surface area contributed by atoms with Crippen molar-refractivity contribution in [2.75, 3.05) is 4.90 Å². The molecular formula is C25H16FN3O3S2. The molecule has 1 fully saturated rings. The predicted octanol–water partition coefficient (Wildman–Crippen LogP) is 6.14. The average Bonchev–Trinajstić information content (AvgIpc) is 3.31. The Hall–Kier alpha value is -3.82. The standard InChI is InChI=1S/C25H16FN3O3S2/c26-18-7-11-19(12-8-18)28-24(30)23(34-25(28)33)13-17-15-27(22-4-2-1-3-21(17)22)14-16-5-9-20(10-6-16)29(31)32/h1-13,15H,14H2/b23-13+. The van der Waals surface area contributed by atoms with Crippen molar-refractivity contribution in [1.29, 1.82) is 0 Å². The van der Waals surface area contributed by atoms with E-state index >= 15 is 0 Å². The number of thioether (sulfide) groups is 1. The maximum absolute atomic E-state index is 13.3. The minimum absolute atomic E-state index is 0.0463. The highest BCUT2D eigenvalue weighted by Crippen LogP contribution is 2.37. The zero-order valence-corrected chi connectivity index (χ0v) is 19.2. The molecule has 168 valence electrons. The lowest BCUT2D eigenvalue weighted by Gasteiger charge is -2.14. The van der Waals surface area contributed by atoms with Gasteiger partial charge in [0.2, 0.25) is 0 Å². The zero-order chi connectivity index (χ0) is 23.8. The first kappa shape index (κ1) is 22.0. The van der Waals surface area contributed by atoms with E-state index in [1.54, 1.807) is 12.1 Å². The van der Waals surface area contributed by atoms with Crippen molar-refractivity contribution < 1.29 is 14.1 Å². The highest BCUT2D eigenvalue weighted by atomic mass is 32.2. The third-order valence-corrected chi connectivity index (χ3v) is 6.79. The first-order valence-electron chi connectivity index (χ1n) is 10.3. The zero-order valence-electron chi connectivity index (χ0n) is 17.6. The summed E-state index contributed by atoms with van der Waals surface area (Å²) in [7, 11) is 0. The fourth-order valence-electron chi connectivity index (χ4n) is 3.86. The summed E-state index contributed by atoms with van der Waals surface area (Å²) in [5, 5.41) is 11.9. The number of amides is 1. The van der Waals surface area contributed by atoms with E-state index in [9.17, 15) is 19.3 Å². The first-order chi connectivity index (χ1) is 16.4. The number of halogens is 1. The van der Waals surface area contributed by atoms with Crippen LogP contribution in [0.3, 0.4) is 0 Å². The van der Waals surface area contributed by atoms with Gasteiger partial charge in [0, 0.05) is 41.3 Å². The molecule has 0 radical (unpaired) electrons. The molecule has 1 aliphatic heterocycles. The predicted molar refractivity (Wildman–Crippen MR) is 136 cm³/mol. The number of non-ortho nitro benzene ring substituents is 1. The summed E-state index contributed by atoms with van der Waals surface area (Å²) in [4.78, 5) is 25.5. The lowest BCUT2D eigenvalue weighted by molar-refractivity contribution is -0.384. The molecule has 0 bridgehead atoms. The van der Waals surface area contributed by atoms with Crippen molar-refractivity contribution in [2.24, 2.45) is 0 Å². The Kier molecular flexibility index (Phi) is 5.72. The van der Waals surface area contributed by atoms with Gasteiger partial charge in [0.05, 0.1) is 15.5 Å². The maximum Gasteiger partial charge on any atom is 0.270 e. The number of benzene rings is 3. The van der Waals surface area contributed by atoms with Crippen LogP contribution in [-0.2, 0) is 11.3 Å². The summed E-state index contributed by atoms with van der Waals surface area (Å²) in [6.45, 7) is 0.517. The molecule has 1 saturated heterocycles. The minimum atomic E-state index is -0.422. The number of carbonyl (C=O) groups is 1. The molecule has 0 unspecified atom stereocenters. The number of anilines is 1. The summed E-state index contributed by atoms with van der Waals surface area (Å²) < 4.78 is 15.7. The van der Waals surface area contributed by atoms with Crippen LogP contribution in [0.5, 0.6) is 0 Å².